The van der Waals surface area contributed by atoms with Gasteiger partial charge in [0.15, 0.2) is 0 Å². The molecule has 0 spiro atoms. The molecular weight excluding hydrogens is 240 g/mol. The minimum absolute atomic E-state index is 0.189. The molecule has 0 bridgehead atoms. The molecule has 1 aromatic carbocycles. The molecule has 19 heavy (non-hydrogen) atoms. The fraction of sp³-hybridized carbons (Fsp3) is 0.467. The minimum atomic E-state index is -0.557. The van der Waals surface area contributed by atoms with Gasteiger partial charge in [0.1, 0.15) is 0 Å². The van der Waals surface area contributed by atoms with Crippen LogP contribution in [0.5, 0.6) is 0 Å². The van der Waals surface area contributed by atoms with Crippen LogP contribution in [0, 0.1) is 0 Å². The van der Waals surface area contributed by atoms with E-state index >= 15 is 0 Å². The van der Waals surface area contributed by atoms with E-state index in [1.54, 1.807) is 0 Å². The van der Waals surface area contributed by atoms with E-state index in [9.17, 15) is 9.59 Å². The van der Waals surface area contributed by atoms with Crippen molar-refractivity contribution < 1.29 is 9.59 Å². The number of amides is 2. The summed E-state index contributed by atoms with van der Waals surface area (Å²) in [6.45, 7) is 5.07. The maximum absolute atomic E-state index is 11.5. The van der Waals surface area contributed by atoms with Crippen molar-refractivity contribution in [1.29, 1.82) is 0 Å². The molecule has 4 heteroatoms. The van der Waals surface area contributed by atoms with Gasteiger partial charge in [0.05, 0.1) is 0 Å². The fourth-order valence-electron chi connectivity index (χ4n) is 1.68. The van der Waals surface area contributed by atoms with Crippen molar-refractivity contribution >= 4 is 11.8 Å². The van der Waals surface area contributed by atoms with Gasteiger partial charge in [-0.2, -0.15) is 0 Å². The Morgan fingerprint density at radius 2 is 1.74 bits per heavy atom. The minimum Gasteiger partial charge on any atom is -0.348 e. The standard InChI is InChI=1S/C15H22N2O2/c1-3-4-10-16-14(18)15(19)17-11-12(2)13-8-6-5-7-9-13/h5-9,12H,3-4,10-11H2,1-2H3,(H,16,18)(H,17,19)/t12-/m0/s1. The molecule has 0 heterocycles. The van der Waals surface area contributed by atoms with E-state index in [0.717, 1.165) is 18.4 Å². The number of carbonyl (C=O) groups is 2. The SMILES string of the molecule is CCCCNC(=O)C(=O)NC[C@H](C)c1ccccc1. The number of nitrogens with one attached hydrogen (secondary N) is 2. The summed E-state index contributed by atoms with van der Waals surface area (Å²) in [5.74, 6) is -0.916. The maximum Gasteiger partial charge on any atom is 0.309 e. The molecule has 1 atom stereocenters. The molecule has 0 aliphatic rings. The molecule has 4 nitrogen and oxygen atoms in total. The van der Waals surface area contributed by atoms with E-state index in [4.69, 9.17) is 0 Å². The van der Waals surface area contributed by atoms with Crippen molar-refractivity contribution in [1.82, 2.24) is 10.6 Å². The molecule has 0 radical (unpaired) electrons. The quantitative estimate of drug-likeness (QED) is 0.607. The molecule has 0 fully saturated rings. The lowest BCUT2D eigenvalue weighted by Gasteiger charge is -2.12. The van der Waals surface area contributed by atoms with Crippen molar-refractivity contribution in [3.63, 3.8) is 0 Å². The zero-order chi connectivity index (χ0) is 14.1. The Bertz CT molecular complexity index is 404. The summed E-state index contributed by atoms with van der Waals surface area (Å²) < 4.78 is 0. The first-order valence-corrected chi connectivity index (χ1v) is 6.76. The smallest absolute Gasteiger partial charge is 0.309 e. The molecule has 104 valence electrons. The second-order valence-electron chi connectivity index (χ2n) is 4.63. The number of rotatable bonds is 6. The first-order valence-electron chi connectivity index (χ1n) is 6.76. The average molecular weight is 262 g/mol. The van der Waals surface area contributed by atoms with Gasteiger partial charge >= 0.3 is 11.8 Å². The van der Waals surface area contributed by atoms with Crippen LogP contribution < -0.4 is 10.6 Å². The molecule has 0 aliphatic carbocycles. The molecule has 1 rings (SSSR count). The molecule has 0 aromatic heterocycles. The van der Waals surface area contributed by atoms with E-state index in [2.05, 4.69) is 10.6 Å². The van der Waals surface area contributed by atoms with Crippen molar-refractivity contribution in [2.75, 3.05) is 13.1 Å². The molecule has 0 unspecified atom stereocenters. The normalized spacial score (nSPS) is 11.7. The first-order chi connectivity index (χ1) is 9.15. The van der Waals surface area contributed by atoms with Crippen LogP contribution in [-0.4, -0.2) is 24.9 Å². The number of hydrogen-bond donors (Lipinski definition) is 2. The summed E-state index contributed by atoms with van der Waals surface area (Å²) in [7, 11) is 0. The Morgan fingerprint density at radius 3 is 2.37 bits per heavy atom. The number of carbonyl (C=O) groups excluding carboxylic acids is 2. The highest BCUT2D eigenvalue weighted by Gasteiger charge is 2.13. The van der Waals surface area contributed by atoms with E-state index in [1.807, 2.05) is 44.2 Å². The molecule has 0 saturated heterocycles. The first kappa shape index (κ1) is 15.2. The Morgan fingerprint density at radius 1 is 1.11 bits per heavy atom. The van der Waals surface area contributed by atoms with E-state index in [-0.39, 0.29) is 5.92 Å². The van der Waals surface area contributed by atoms with Gasteiger partial charge in [-0.15, -0.1) is 0 Å². The van der Waals surface area contributed by atoms with Crippen LogP contribution in [0.2, 0.25) is 0 Å². The summed E-state index contributed by atoms with van der Waals surface area (Å²) in [5.41, 5.74) is 1.15. The van der Waals surface area contributed by atoms with Crippen molar-refractivity contribution in [3.05, 3.63) is 35.9 Å². The predicted molar refractivity (Wildman–Crippen MR) is 75.8 cm³/mol. The van der Waals surface area contributed by atoms with Crippen LogP contribution in [0.25, 0.3) is 0 Å². The Labute approximate surface area is 114 Å². The van der Waals surface area contributed by atoms with Crippen LogP contribution >= 0.6 is 0 Å². The average Bonchev–Trinajstić information content (AvgIpc) is 2.45. The molecule has 2 amide bonds. The second-order valence-corrected chi connectivity index (χ2v) is 4.63. The van der Waals surface area contributed by atoms with Crippen LogP contribution in [0.4, 0.5) is 0 Å². The van der Waals surface area contributed by atoms with Crippen LogP contribution in [0.1, 0.15) is 38.2 Å². The zero-order valence-electron chi connectivity index (χ0n) is 11.6. The van der Waals surface area contributed by atoms with Gasteiger partial charge in [0, 0.05) is 13.1 Å². The molecule has 2 N–H and O–H groups in total. The summed E-state index contributed by atoms with van der Waals surface area (Å²) in [5, 5.41) is 5.25. The predicted octanol–water partition coefficient (Wildman–Crippen LogP) is 1.82. The van der Waals surface area contributed by atoms with Gasteiger partial charge < -0.3 is 10.6 Å². The molecule has 0 aliphatic heterocycles. The molecule has 1 aromatic rings. The van der Waals surface area contributed by atoms with Crippen LogP contribution in [0.15, 0.2) is 30.3 Å². The van der Waals surface area contributed by atoms with E-state index in [0.29, 0.717) is 13.1 Å². The van der Waals surface area contributed by atoms with Gasteiger partial charge in [-0.05, 0) is 17.9 Å². The van der Waals surface area contributed by atoms with Crippen LogP contribution in [0.3, 0.4) is 0 Å². The van der Waals surface area contributed by atoms with E-state index < -0.39 is 11.8 Å². The Kier molecular flexibility index (Phi) is 6.64. The van der Waals surface area contributed by atoms with Gasteiger partial charge in [0.2, 0.25) is 0 Å². The lowest BCUT2D eigenvalue weighted by molar-refractivity contribution is -0.139. The van der Waals surface area contributed by atoms with Crippen LogP contribution in [-0.2, 0) is 9.59 Å². The van der Waals surface area contributed by atoms with Crippen molar-refractivity contribution in [3.8, 4) is 0 Å². The Balaban J connectivity index is 2.31. The number of benzene rings is 1. The lowest BCUT2D eigenvalue weighted by atomic mass is 10.0. The van der Waals surface area contributed by atoms with E-state index in [1.165, 1.54) is 0 Å². The summed E-state index contributed by atoms with van der Waals surface area (Å²) in [6, 6.07) is 9.91. The third-order valence-corrected chi connectivity index (χ3v) is 2.96. The van der Waals surface area contributed by atoms with Gasteiger partial charge in [-0.25, -0.2) is 0 Å². The highest BCUT2D eigenvalue weighted by molar-refractivity contribution is 6.35. The van der Waals surface area contributed by atoms with Crippen molar-refractivity contribution in [2.45, 2.75) is 32.6 Å². The summed E-state index contributed by atoms with van der Waals surface area (Å²) >= 11 is 0. The summed E-state index contributed by atoms with van der Waals surface area (Å²) in [4.78, 5) is 23.0. The third-order valence-electron chi connectivity index (χ3n) is 2.96. The maximum atomic E-state index is 11.5. The molecular formula is C15H22N2O2. The second kappa shape index (κ2) is 8.29. The molecule has 0 saturated carbocycles. The van der Waals surface area contributed by atoms with Crippen molar-refractivity contribution in [2.24, 2.45) is 0 Å². The Hall–Kier alpha value is -1.84. The highest BCUT2D eigenvalue weighted by atomic mass is 16.2. The van der Waals surface area contributed by atoms with Gasteiger partial charge in [-0.1, -0.05) is 50.6 Å². The zero-order valence-corrected chi connectivity index (χ0v) is 11.6. The lowest BCUT2D eigenvalue weighted by Crippen LogP contribution is -2.41. The fourth-order valence-corrected chi connectivity index (χ4v) is 1.68. The van der Waals surface area contributed by atoms with Gasteiger partial charge in [0.25, 0.3) is 0 Å². The third kappa shape index (κ3) is 5.55. The summed E-state index contributed by atoms with van der Waals surface area (Å²) in [6.07, 6.45) is 1.88. The number of unbranched alkanes of at least 4 members (excludes halogenated alkanes) is 1. The highest BCUT2D eigenvalue weighted by Crippen LogP contribution is 2.12. The largest absolute Gasteiger partial charge is 0.348 e. The topological polar surface area (TPSA) is 58.2 Å². The monoisotopic (exact) mass is 262 g/mol. The van der Waals surface area contributed by atoms with Gasteiger partial charge in [-0.3, -0.25) is 9.59 Å². The number of hydrogen-bond acceptors (Lipinski definition) is 2.